The molecule has 3 N–H and O–H groups in total. The van der Waals surface area contributed by atoms with Crippen LogP contribution in [0.15, 0.2) is 41.1 Å². The summed E-state index contributed by atoms with van der Waals surface area (Å²) in [6, 6.07) is 0. The fourth-order valence-electron chi connectivity index (χ4n) is 1.81. The molecule has 0 atom stereocenters. The first kappa shape index (κ1) is 30.3. The third kappa shape index (κ3) is 15.3. The lowest BCUT2D eigenvalue weighted by Gasteiger charge is -2.09. The van der Waals surface area contributed by atoms with Gasteiger partial charge < -0.3 is 11.3 Å². The van der Waals surface area contributed by atoms with Crippen molar-refractivity contribution >= 4 is 11.4 Å². The Labute approximate surface area is 152 Å². The van der Waals surface area contributed by atoms with E-state index in [4.69, 9.17) is 11.3 Å². The summed E-state index contributed by atoms with van der Waals surface area (Å²) in [4.78, 5) is 0. The van der Waals surface area contributed by atoms with Crippen molar-refractivity contribution in [3.05, 3.63) is 36.0 Å². The lowest BCUT2D eigenvalue weighted by atomic mass is 9.97. The second kappa shape index (κ2) is 26.3. The number of nitrogens with one attached hydrogen (secondary N) is 1. The van der Waals surface area contributed by atoms with Gasteiger partial charge in [-0.15, -0.1) is 0 Å². The maximum absolute atomic E-state index is 7.77. The molecule has 0 heterocycles. The molecule has 0 saturated carbocycles. The maximum Gasteiger partial charge on any atom is 0.0810 e. The summed E-state index contributed by atoms with van der Waals surface area (Å²) < 4.78 is 0. The van der Waals surface area contributed by atoms with Gasteiger partial charge in [0.25, 0.3) is 0 Å². The Bertz CT molecular complexity index is 375. The van der Waals surface area contributed by atoms with Gasteiger partial charge >= 0.3 is 0 Å². The minimum atomic E-state index is 0.522. The summed E-state index contributed by atoms with van der Waals surface area (Å²) in [6.45, 7) is 21.9. The minimum Gasteiger partial charge on any atom is -0.323 e. The molecule has 0 saturated heterocycles. The fraction of sp³-hybridized carbons (Fsp3) is 0.619. The Kier molecular flexibility index (Phi) is 33.1. The standard InChI is InChI=1S/C15H25N3.3C2H6/c1-5-9-13(12(6-2)7-3)10-11-15(18-17)14(16)8-4;3*1-2/h5-6,9,16H,2,7-8,10-11,17H2,1,3-4H3;3*1-2H3/b9-5-,13-12-,16-14?,18-15-;;;. The predicted octanol–water partition coefficient (Wildman–Crippen LogP) is 7.06. The number of nitrogens with zero attached hydrogens (tertiary/aromatic N) is 1. The van der Waals surface area contributed by atoms with Crippen LogP contribution >= 0.6 is 0 Å². The predicted molar refractivity (Wildman–Crippen MR) is 115 cm³/mol. The Hall–Kier alpha value is -1.64. The number of hydrogen-bond donors (Lipinski definition) is 2. The van der Waals surface area contributed by atoms with Crippen molar-refractivity contribution in [2.24, 2.45) is 10.9 Å². The van der Waals surface area contributed by atoms with Gasteiger partial charge in [-0.05, 0) is 43.8 Å². The third-order valence-electron chi connectivity index (χ3n) is 2.90. The molecular formula is C21H43N3. The summed E-state index contributed by atoms with van der Waals surface area (Å²) >= 11 is 0. The monoisotopic (exact) mass is 337 g/mol. The highest BCUT2D eigenvalue weighted by atomic mass is 15.1. The quantitative estimate of drug-likeness (QED) is 0.212. The van der Waals surface area contributed by atoms with Crippen LogP contribution in [0.5, 0.6) is 0 Å². The van der Waals surface area contributed by atoms with Crippen molar-refractivity contribution in [3.8, 4) is 0 Å². The second-order valence-electron chi connectivity index (χ2n) is 4.02. The van der Waals surface area contributed by atoms with Crippen molar-refractivity contribution in [2.45, 2.75) is 88.0 Å². The van der Waals surface area contributed by atoms with Crippen LogP contribution in [-0.4, -0.2) is 11.4 Å². The highest BCUT2D eigenvalue weighted by Crippen LogP contribution is 2.17. The van der Waals surface area contributed by atoms with Crippen LogP contribution in [0.2, 0.25) is 0 Å². The first-order chi connectivity index (χ1) is 11.6. The molecule has 142 valence electrons. The van der Waals surface area contributed by atoms with Gasteiger partial charge in [0.05, 0.1) is 11.4 Å². The number of nitrogens with two attached hydrogens (primary N) is 1. The van der Waals surface area contributed by atoms with Crippen LogP contribution < -0.4 is 5.84 Å². The van der Waals surface area contributed by atoms with Gasteiger partial charge in [-0.2, -0.15) is 5.10 Å². The Morgan fingerprint density at radius 3 is 1.75 bits per heavy atom. The molecule has 0 aromatic carbocycles. The normalized spacial score (nSPS) is 11.0. The molecule has 0 amide bonds. The van der Waals surface area contributed by atoms with Crippen molar-refractivity contribution in [3.63, 3.8) is 0 Å². The van der Waals surface area contributed by atoms with E-state index in [9.17, 15) is 0 Å². The first-order valence-corrected chi connectivity index (χ1v) is 9.46. The van der Waals surface area contributed by atoms with Crippen molar-refractivity contribution in [1.82, 2.24) is 0 Å². The molecule has 3 nitrogen and oxygen atoms in total. The van der Waals surface area contributed by atoms with Crippen molar-refractivity contribution in [1.29, 1.82) is 5.41 Å². The highest BCUT2D eigenvalue weighted by molar-refractivity contribution is 6.41. The fourth-order valence-corrected chi connectivity index (χ4v) is 1.81. The highest BCUT2D eigenvalue weighted by Gasteiger charge is 2.07. The molecule has 0 unspecified atom stereocenters. The van der Waals surface area contributed by atoms with E-state index in [2.05, 4.69) is 24.7 Å². The Balaban J connectivity index is -0.000000297. The number of allylic oxidation sites excluding steroid dienone is 5. The van der Waals surface area contributed by atoms with E-state index in [1.54, 1.807) is 0 Å². The molecule has 0 aliphatic heterocycles. The van der Waals surface area contributed by atoms with Crippen LogP contribution in [0, 0.1) is 5.41 Å². The van der Waals surface area contributed by atoms with Crippen LogP contribution in [0.3, 0.4) is 0 Å². The minimum absolute atomic E-state index is 0.522. The molecule has 0 fully saturated rings. The van der Waals surface area contributed by atoms with E-state index in [-0.39, 0.29) is 0 Å². The van der Waals surface area contributed by atoms with E-state index >= 15 is 0 Å². The third-order valence-corrected chi connectivity index (χ3v) is 2.90. The molecule has 0 aliphatic carbocycles. The summed E-state index contributed by atoms with van der Waals surface area (Å²) in [5.74, 6) is 5.34. The molecule has 0 radical (unpaired) electrons. The van der Waals surface area contributed by atoms with E-state index in [0.717, 1.165) is 12.8 Å². The van der Waals surface area contributed by atoms with E-state index < -0.39 is 0 Å². The lowest BCUT2D eigenvalue weighted by Crippen LogP contribution is -2.14. The van der Waals surface area contributed by atoms with E-state index in [0.29, 0.717) is 24.3 Å². The number of hydrazone groups is 1. The summed E-state index contributed by atoms with van der Waals surface area (Å²) in [5.41, 5.74) is 3.71. The molecule has 0 aromatic heterocycles. The topological polar surface area (TPSA) is 62.2 Å². The van der Waals surface area contributed by atoms with Gasteiger partial charge in [-0.1, -0.05) is 80.2 Å². The Morgan fingerprint density at radius 2 is 1.46 bits per heavy atom. The molecule has 0 bridgehead atoms. The number of hydrogen-bond acceptors (Lipinski definition) is 3. The zero-order valence-corrected chi connectivity index (χ0v) is 17.8. The molecule has 0 spiro atoms. The van der Waals surface area contributed by atoms with Crippen LogP contribution in [0.25, 0.3) is 0 Å². The van der Waals surface area contributed by atoms with Crippen LogP contribution in [0.1, 0.15) is 88.0 Å². The van der Waals surface area contributed by atoms with Crippen LogP contribution in [0.4, 0.5) is 0 Å². The van der Waals surface area contributed by atoms with E-state index in [1.807, 2.05) is 67.5 Å². The van der Waals surface area contributed by atoms with Gasteiger partial charge in [-0.25, -0.2) is 0 Å². The maximum atomic E-state index is 7.77. The smallest absolute Gasteiger partial charge is 0.0810 e. The zero-order valence-electron chi connectivity index (χ0n) is 17.8. The number of rotatable bonds is 8. The van der Waals surface area contributed by atoms with Crippen LogP contribution in [-0.2, 0) is 0 Å². The van der Waals surface area contributed by atoms with Gasteiger partial charge in [0, 0.05) is 0 Å². The lowest BCUT2D eigenvalue weighted by molar-refractivity contribution is 0.990. The average Bonchev–Trinajstić information content (AvgIpc) is 2.67. The Morgan fingerprint density at radius 1 is 0.958 bits per heavy atom. The average molecular weight is 338 g/mol. The summed E-state index contributed by atoms with van der Waals surface area (Å²) in [6.07, 6.45) is 9.21. The molecule has 0 aliphatic rings. The molecule has 24 heavy (non-hydrogen) atoms. The zero-order chi connectivity index (χ0) is 20.0. The first-order valence-electron chi connectivity index (χ1n) is 9.46. The molecular weight excluding hydrogens is 294 g/mol. The molecule has 0 aromatic rings. The van der Waals surface area contributed by atoms with Crippen molar-refractivity contribution in [2.75, 3.05) is 0 Å². The summed E-state index contributed by atoms with van der Waals surface area (Å²) in [5, 5.41) is 11.5. The van der Waals surface area contributed by atoms with Crippen molar-refractivity contribution < 1.29 is 0 Å². The largest absolute Gasteiger partial charge is 0.323 e. The van der Waals surface area contributed by atoms with Gasteiger partial charge in [0.15, 0.2) is 0 Å². The second-order valence-corrected chi connectivity index (χ2v) is 4.02. The van der Waals surface area contributed by atoms with E-state index in [1.165, 1.54) is 11.1 Å². The molecule has 0 rings (SSSR count). The van der Waals surface area contributed by atoms with Gasteiger partial charge in [0.2, 0.25) is 0 Å². The SMILES string of the molecule is C=C/C(CC)=C(\C=C/C)CC/C(=N/N)C(=N)CC.CC.CC.CC. The van der Waals surface area contributed by atoms with Gasteiger partial charge in [0.1, 0.15) is 0 Å². The molecule has 3 heteroatoms. The summed E-state index contributed by atoms with van der Waals surface area (Å²) in [7, 11) is 0. The van der Waals surface area contributed by atoms with Gasteiger partial charge in [-0.3, -0.25) is 0 Å².